The molecule has 2 N–H and O–H groups in total. The highest BCUT2D eigenvalue weighted by Crippen LogP contribution is 2.37. The molecule has 3 aromatic rings. The smallest absolute Gasteiger partial charge is 0.227 e. The summed E-state index contributed by atoms with van der Waals surface area (Å²) in [5.41, 5.74) is 7.14. The van der Waals surface area contributed by atoms with Gasteiger partial charge in [-0.05, 0) is 38.7 Å². The molecule has 1 saturated carbocycles. The van der Waals surface area contributed by atoms with Crippen LogP contribution >= 0.6 is 23.1 Å². The molecule has 3 aromatic heterocycles. The number of hydrogen-bond acceptors (Lipinski definition) is 8. The van der Waals surface area contributed by atoms with Crippen LogP contribution in [0.1, 0.15) is 41.4 Å². The molecule has 0 spiro atoms. The Morgan fingerprint density at radius 2 is 2.17 bits per heavy atom. The van der Waals surface area contributed by atoms with Crippen LogP contribution in [-0.2, 0) is 12.0 Å². The van der Waals surface area contributed by atoms with Crippen molar-refractivity contribution in [3.8, 4) is 0 Å². The largest absolute Gasteiger partial charge is 0.339 e. The molecule has 8 heteroatoms. The average Bonchev–Trinajstić information content (AvgIpc) is 3.11. The molecule has 0 unspecified atom stereocenters. The van der Waals surface area contributed by atoms with Crippen molar-refractivity contribution in [1.82, 2.24) is 20.1 Å². The third-order valence-electron chi connectivity index (χ3n) is 4.64. The normalized spacial score (nSPS) is 16.5. The van der Waals surface area contributed by atoms with E-state index in [0.29, 0.717) is 18.1 Å². The van der Waals surface area contributed by atoms with Crippen molar-refractivity contribution in [1.29, 1.82) is 0 Å². The van der Waals surface area contributed by atoms with Gasteiger partial charge in [0.15, 0.2) is 5.82 Å². The zero-order valence-corrected chi connectivity index (χ0v) is 15.3. The topological polar surface area (TPSA) is 90.7 Å². The van der Waals surface area contributed by atoms with Gasteiger partial charge in [0.05, 0.1) is 5.54 Å². The van der Waals surface area contributed by atoms with Crippen LogP contribution in [0.5, 0.6) is 0 Å². The highest BCUT2D eigenvalue weighted by molar-refractivity contribution is 7.99. The van der Waals surface area contributed by atoms with Crippen molar-refractivity contribution >= 4 is 33.3 Å². The van der Waals surface area contributed by atoms with Crippen LogP contribution in [0.2, 0.25) is 0 Å². The van der Waals surface area contributed by atoms with E-state index in [2.05, 4.69) is 34.0 Å². The number of hydrogen-bond donors (Lipinski definition) is 1. The molecule has 24 heavy (non-hydrogen) atoms. The van der Waals surface area contributed by atoms with Gasteiger partial charge in [0, 0.05) is 22.4 Å². The number of nitrogens with two attached hydrogens (primary N) is 1. The number of fused-ring (bicyclic) bond motifs is 1. The highest BCUT2D eigenvalue weighted by atomic mass is 32.2. The Bertz CT molecular complexity index is 884. The Balaban J connectivity index is 1.45. The Morgan fingerprint density at radius 3 is 2.92 bits per heavy atom. The van der Waals surface area contributed by atoms with Crippen LogP contribution in [0.25, 0.3) is 10.2 Å². The molecule has 1 aliphatic rings. The van der Waals surface area contributed by atoms with Crippen LogP contribution < -0.4 is 5.73 Å². The van der Waals surface area contributed by atoms with E-state index < -0.39 is 0 Å². The van der Waals surface area contributed by atoms with Gasteiger partial charge in [-0.15, -0.1) is 23.1 Å². The van der Waals surface area contributed by atoms with Crippen molar-refractivity contribution in [2.45, 2.75) is 50.1 Å². The average molecular weight is 361 g/mol. The van der Waals surface area contributed by atoms with Crippen molar-refractivity contribution in [2.24, 2.45) is 5.73 Å². The lowest BCUT2D eigenvalue weighted by Crippen LogP contribution is -2.44. The van der Waals surface area contributed by atoms with E-state index in [1.807, 2.05) is 0 Å². The second-order valence-corrected chi connectivity index (χ2v) is 8.55. The third-order valence-corrected chi connectivity index (χ3v) is 6.75. The number of aryl methyl sites for hydroxylation is 3. The predicted molar refractivity (Wildman–Crippen MR) is 95.3 cm³/mol. The molecule has 3 heterocycles. The standard InChI is InChI=1S/C16H19N5OS2/c1-9-10(2)24-14-12(9)13(18-8-19-14)23-7-4-11-20-15(21-22-11)16(17)5-3-6-16/h8H,3-7,17H2,1-2H3. The fourth-order valence-electron chi connectivity index (χ4n) is 2.83. The van der Waals surface area contributed by atoms with Gasteiger partial charge < -0.3 is 10.3 Å². The van der Waals surface area contributed by atoms with Gasteiger partial charge in [-0.1, -0.05) is 5.16 Å². The van der Waals surface area contributed by atoms with Crippen molar-refractivity contribution in [3.63, 3.8) is 0 Å². The van der Waals surface area contributed by atoms with Gasteiger partial charge in [0.25, 0.3) is 0 Å². The molecular weight excluding hydrogens is 342 g/mol. The van der Waals surface area contributed by atoms with E-state index in [9.17, 15) is 0 Å². The van der Waals surface area contributed by atoms with Gasteiger partial charge in [-0.2, -0.15) is 4.98 Å². The first-order valence-corrected chi connectivity index (χ1v) is 9.82. The summed E-state index contributed by atoms with van der Waals surface area (Å²) in [5.74, 6) is 2.14. The number of nitrogens with zero attached hydrogens (tertiary/aromatic N) is 4. The van der Waals surface area contributed by atoms with Crippen molar-refractivity contribution < 1.29 is 4.52 Å². The number of thioether (sulfide) groups is 1. The van der Waals surface area contributed by atoms with Gasteiger partial charge in [0.2, 0.25) is 5.89 Å². The van der Waals surface area contributed by atoms with E-state index in [1.54, 1.807) is 29.4 Å². The second kappa shape index (κ2) is 6.09. The third kappa shape index (κ3) is 2.72. The molecule has 126 valence electrons. The summed E-state index contributed by atoms with van der Waals surface area (Å²) < 4.78 is 5.35. The maximum absolute atomic E-state index is 6.23. The summed E-state index contributed by atoms with van der Waals surface area (Å²) in [4.78, 5) is 15.6. The molecule has 0 bridgehead atoms. The van der Waals surface area contributed by atoms with Crippen LogP contribution in [0.15, 0.2) is 15.9 Å². The summed E-state index contributed by atoms with van der Waals surface area (Å²) >= 11 is 3.42. The lowest BCUT2D eigenvalue weighted by molar-refractivity contribution is 0.229. The number of aromatic nitrogens is 4. The monoisotopic (exact) mass is 361 g/mol. The molecule has 0 saturated heterocycles. The molecule has 4 rings (SSSR count). The number of rotatable bonds is 5. The van der Waals surface area contributed by atoms with E-state index in [1.165, 1.54) is 15.8 Å². The van der Waals surface area contributed by atoms with Crippen LogP contribution in [0, 0.1) is 13.8 Å². The first-order valence-electron chi connectivity index (χ1n) is 8.02. The molecular formula is C16H19N5OS2. The summed E-state index contributed by atoms with van der Waals surface area (Å²) in [7, 11) is 0. The maximum atomic E-state index is 6.23. The van der Waals surface area contributed by atoms with Gasteiger partial charge >= 0.3 is 0 Å². The second-order valence-electron chi connectivity index (χ2n) is 6.26. The van der Waals surface area contributed by atoms with Gasteiger partial charge in [0.1, 0.15) is 16.2 Å². The molecule has 6 nitrogen and oxygen atoms in total. The molecule has 1 fully saturated rings. The minimum Gasteiger partial charge on any atom is -0.339 e. The van der Waals surface area contributed by atoms with E-state index in [4.69, 9.17) is 10.3 Å². The van der Waals surface area contributed by atoms with Crippen LogP contribution in [0.3, 0.4) is 0 Å². The predicted octanol–water partition coefficient (Wildman–Crippen LogP) is 3.36. The van der Waals surface area contributed by atoms with E-state index in [-0.39, 0.29) is 5.54 Å². The number of thiophene rings is 1. The summed E-state index contributed by atoms with van der Waals surface area (Å²) in [5, 5.41) is 6.26. The Morgan fingerprint density at radius 1 is 1.33 bits per heavy atom. The van der Waals surface area contributed by atoms with Gasteiger partial charge in [-0.3, -0.25) is 0 Å². The Kier molecular flexibility index (Phi) is 4.06. The lowest BCUT2D eigenvalue weighted by atomic mass is 9.77. The fourth-order valence-corrected chi connectivity index (χ4v) is 4.88. The fraction of sp³-hybridized carbons (Fsp3) is 0.500. The van der Waals surface area contributed by atoms with E-state index in [0.717, 1.165) is 34.9 Å². The SMILES string of the molecule is Cc1sc2ncnc(SCCc3nc(C4(N)CCC4)no3)c2c1C. The van der Waals surface area contributed by atoms with Crippen molar-refractivity contribution in [2.75, 3.05) is 5.75 Å². The van der Waals surface area contributed by atoms with Crippen LogP contribution in [-0.4, -0.2) is 25.9 Å². The highest BCUT2D eigenvalue weighted by Gasteiger charge is 2.38. The molecule has 0 aliphatic heterocycles. The van der Waals surface area contributed by atoms with E-state index >= 15 is 0 Å². The van der Waals surface area contributed by atoms with Crippen LogP contribution in [0.4, 0.5) is 0 Å². The first-order chi connectivity index (χ1) is 11.6. The Hall–Kier alpha value is -1.51. The maximum Gasteiger partial charge on any atom is 0.227 e. The molecule has 0 atom stereocenters. The molecule has 0 aromatic carbocycles. The summed E-state index contributed by atoms with van der Waals surface area (Å²) in [6, 6.07) is 0. The summed E-state index contributed by atoms with van der Waals surface area (Å²) in [6.45, 7) is 4.25. The molecule has 1 aliphatic carbocycles. The first kappa shape index (κ1) is 16.0. The molecule has 0 amide bonds. The minimum absolute atomic E-state index is 0.362. The minimum atomic E-state index is -0.362. The quantitative estimate of drug-likeness (QED) is 0.550. The Labute approximate surface area is 148 Å². The zero-order valence-electron chi connectivity index (χ0n) is 13.7. The van der Waals surface area contributed by atoms with Gasteiger partial charge in [-0.25, -0.2) is 9.97 Å². The summed E-state index contributed by atoms with van der Waals surface area (Å²) in [6.07, 6.45) is 5.37. The zero-order chi connectivity index (χ0) is 16.7. The lowest BCUT2D eigenvalue weighted by Gasteiger charge is -2.34. The van der Waals surface area contributed by atoms with Crippen molar-refractivity contribution in [3.05, 3.63) is 28.5 Å². The molecule has 0 radical (unpaired) electrons.